The number of carbonyl (C=O) groups is 1. The van der Waals surface area contributed by atoms with Crippen molar-refractivity contribution in [1.29, 1.82) is 0 Å². The molecule has 0 amide bonds. The minimum atomic E-state index is -0.758. The van der Waals surface area contributed by atoms with Crippen LogP contribution in [0.1, 0.15) is 46.5 Å². The second-order valence-corrected chi connectivity index (χ2v) is 3.33. The van der Waals surface area contributed by atoms with Gasteiger partial charge >= 0.3 is 5.97 Å². The maximum absolute atomic E-state index is 11.5. The highest BCUT2D eigenvalue weighted by Crippen LogP contribution is 2.17. The van der Waals surface area contributed by atoms with Gasteiger partial charge in [-0.25, -0.2) is 0 Å². The van der Waals surface area contributed by atoms with Gasteiger partial charge in [-0.3, -0.25) is 4.79 Å². The fraction of sp³-hybridized carbons (Fsp3) is 0.900. The fourth-order valence-corrected chi connectivity index (χ4v) is 1.19. The molecular formula is C10H21NO2. The average Bonchev–Trinajstić information content (AvgIpc) is 2.14. The summed E-state index contributed by atoms with van der Waals surface area (Å²) in [6.45, 7) is 6.21. The molecule has 0 aliphatic rings. The fourth-order valence-electron chi connectivity index (χ4n) is 1.19. The number of esters is 1. The highest BCUT2D eigenvalue weighted by molar-refractivity contribution is 5.80. The Bertz CT molecular complexity index is 159. The number of nitrogens with two attached hydrogens (primary N) is 1. The summed E-state index contributed by atoms with van der Waals surface area (Å²) in [5.74, 6) is -0.258. The zero-order valence-corrected chi connectivity index (χ0v) is 8.93. The molecule has 78 valence electrons. The molecule has 0 saturated heterocycles. The van der Waals surface area contributed by atoms with Crippen molar-refractivity contribution >= 4 is 5.97 Å². The van der Waals surface area contributed by atoms with Crippen LogP contribution < -0.4 is 5.73 Å². The molecule has 13 heavy (non-hydrogen) atoms. The molecule has 0 aromatic carbocycles. The Morgan fingerprint density at radius 2 is 2.00 bits per heavy atom. The van der Waals surface area contributed by atoms with E-state index in [1.165, 1.54) is 0 Å². The lowest BCUT2D eigenvalue weighted by Crippen LogP contribution is -2.48. The van der Waals surface area contributed by atoms with Crippen LogP contribution in [0.15, 0.2) is 0 Å². The SMILES string of the molecule is CCCC[C@](N)(CC)C(=O)OCC. The van der Waals surface area contributed by atoms with Crippen molar-refractivity contribution < 1.29 is 9.53 Å². The normalized spacial score (nSPS) is 15.1. The minimum absolute atomic E-state index is 0.258. The summed E-state index contributed by atoms with van der Waals surface area (Å²) in [6.07, 6.45) is 3.40. The van der Waals surface area contributed by atoms with Gasteiger partial charge in [0, 0.05) is 0 Å². The molecule has 0 bridgehead atoms. The molecule has 0 heterocycles. The van der Waals surface area contributed by atoms with Crippen LogP contribution in [0, 0.1) is 0 Å². The van der Waals surface area contributed by atoms with Gasteiger partial charge in [-0.05, 0) is 19.8 Å². The Morgan fingerprint density at radius 3 is 2.38 bits per heavy atom. The Morgan fingerprint density at radius 1 is 1.38 bits per heavy atom. The molecule has 0 aliphatic heterocycles. The average molecular weight is 187 g/mol. The zero-order chi connectivity index (χ0) is 10.3. The third-order valence-corrected chi connectivity index (χ3v) is 2.29. The molecule has 2 N–H and O–H groups in total. The molecule has 0 radical (unpaired) electrons. The van der Waals surface area contributed by atoms with E-state index in [2.05, 4.69) is 6.92 Å². The lowest BCUT2D eigenvalue weighted by atomic mass is 9.91. The second kappa shape index (κ2) is 5.97. The smallest absolute Gasteiger partial charge is 0.326 e. The van der Waals surface area contributed by atoms with Crippen molar-refractivity contribution in [2.24, 2.45) is 5.73 Å². The largest absolute Gasteiger partial charge is 0.465 e. The Hall–Kier alpha value is -0.570. The van der Waals surface area contributed by atoms with Gasteiger partial charge in [0.15, 0.2) is 0 Å². The molecule has 0 aromatic heterocycles. The zero-order valence-electron chi connectivity index (χ0n) is 8.93. The van der Waals surface area contributed by atoms with Crippen LogP contribution in [-0.2, 0) is 9.53 Å². The van der Waals surface area contributed by atoms with Crippen molar-refractivity contribution in [3.63, 3.8) is 0 Å². The number of rotatable bonds is 6. The van der Waals surface area contributed by atoms with Crippen LogP contribution in [-0.4, -0.2) is 18.1 Å². The van der Waals surface area contributed by atoms with Crippen molar-refractivity contribution in [2.75, 3.05) is 6.61 Å². The number of ether oxygens (including phenoxy) is 1. The van der Waals surface area contributed by atoms with E-state index in [4.69, 9.17) is 10.5 Å². The Labute approximate surface area is 80.6 Å². The lowest BCUT2D eigenvalue weighted by molar-refractivity contribution is -0.150. The topological polar surface area (TPSA) is 52.3 Å². The van der Waals surface area contributed by atoms with E-state index in [-0.39, 0.29) is 5.97 Å². The molecular weight excluding hydrogens is 166 g/mol. The van der Waals surface area contributed by atoms with Gasteiger partial charge in [-0.1, -0.05) is 26.7 Å². The number of hydrogen-bond acceptors (Lipinski definition) is 3. The first-order valence-electron chi connectivity index (χ1n) is 5.06. The van der Waals surface area contributed by atoms with Gasteiger partial charge < -0.3 is 10.5 Å². The molecule has 0 spiro atoms. The van der Waals surface area contributed by atoms with E-state index in [0.29, 0.717) is 13.0 Å². The lowest BCUT2D eigenvalue weighted by Gasteiger charge is -2.25. The first-order valence-corrected chi connectivity index (χ1v) is 5.06. The first kappa shape index (κ1) is 12.4. The first-order chi connectivity index (χ1) is 6.10. The maximum atomic E-state index is 11.5. The summed E-state index contributed by atoms with van der Waals surface area (Å²) in [6, 6.07) is 0. The second-order valence-electron chi connectivity index (χ2n) is 3.33. The number of hydrogen-bond donors (Lipinski definition) is 1. The van der Waals surface area contributed by atoms with Crippen LogP contribution in [0.4, 0.5) is 0 Å². The molecule has 0 aromatic rings. The summed E-state index contributed by atoms with van der Waals surface area (Å²) in [4.78, 5) is 11.5. The summed E-state index contributed by atoms with van der Waals surface area (Å²) in [5, 5.41) is 0. The highest BCUT2D eigenvalue weighted by Gasteiger charge is 2.32. The molecule has 0 saturated carbocycles. The van der Waals surface area contributed by atoms with E-state index in [0.717, 1.165) is 19.3 Å². The predicted molar refractivity (Wildman–Crippen MR) is 53.4 cm³/mol. The van der Waals surface area contributed by atoms with Gasteiger partial charge in [-0.15, -0.1) is 0 Å². The molecule has 3 heteroatoms. The van der Waals surface area contributed by atoms with Crippen LogP contribution >= 0.6 is 0 Å². The quantitative estimate of drug-likeness (QED) is 0.646. The van der Waals surface area contributed by atoms with E-state index in [1.807, 2.05) is 6.92 Å². The van der Waals surface area contributed by atoms with Crippen molar-refractivity contribution in [3.8, 4) is 0 Å². The maximum Gasteiger partial charge on any atom is 0.326 e. The molecule has 0 unspecified atom stereocenters. The van der Waals surface area contributed by atoms with E-state index in [1.54, 1.807) is 6.92 Å². The summed E-state index contributed by atoms with van der Waals surface area (Å²) >= 11 is 0. The van der Waals surface area contributed by atoms with Crippen LogP contribution in [0.2, 0.25) is 0 Å². The molecule has 3 nitrogen and oxygen atoms in total. The van der Waals surface area contributed by atoms with E-state index in [9.17, 15) is 4.79 Å². The minimum Gasteiger partial charge on any atom is -0.465 e. The Kier molecular flexibility index (Phi) is 5.71. The highest BCUT2D eigenvalue weighted by atomic mass is 16.5. The third-order valence-electron chi connectivity index (χ3n) is 2.29. The van der Waals surface area contributed by atoms with Gasteiger partial charge in [0.25, 0.3) is 0 Å². The number of carbonyl (C=O) groups excluding carboxylic acids is 1. The summed E-state index contributed by atoms with van der Waals surface area (Å²) in [7, 11) is 0. The molecule has 1 atom stereocenters. The van der Waals surface area contributed by atoms with Crippen LogP contribution in [0.5, 0.6) is 0 Å². The van der Waals surface area contributed by atoms with E-state index >= 15 is 0 Å². The molecule has 0 fully saturated rings. The standard InChI is InChI=1S/C10H21NO2/c1-4-7-8-10(11,5-2)9(12)13-6-3/h4-8,11H2,1-3H3/t10-/m1/s1. The summed E-state index contributed by atoms with van der Waals surface area (Å²) < 4.78 is 4.93. The molecule has 0 aliphatic carbocycles. The van der Waals surface area contributed by atoms with Gasteiger partial charge in [0.2, 0.25) is 0 Å². The van der Waals surface area contributed by atoms with Crippen molar-refractivity contribution in [1.82, 2.24) is 0 Å². The summed E-state index contributed by atoms with van der Waals surface area (Å²) in [5.41, 5.74) is 5.18. The van der Waals surface area contributed by atoms with E-state index < -0.39 is 5.54 Å². The van der Waals surface area contributed by atoms with Gasteiger partial charge in [-0.2, -0.15) is 0 Å². The monoisotopic (exact) mass is 187 g/mol. The third kappa shape index (κ3) is 3.77. The van der Waals surface area contributed by atoms with Gasteiger partial charge in [0.05, 0.1) is 6.61 Å². The number of unbranched alkanes of at least 4 members (excludes halogenated alkanes) is 1. The Balaban J connectivity index is 4.16. The van der Waals surface area contributed by atoms with Gasteiger partial charge in [0.1, 0.15) is 5.54 Å². The van der Waals surface area contributed by atoms with Crippen molar-refractivity contribution in [3.05, 3.63) is 0 Å². The molecule has 0 rings (SSSR count). The predicted octanol–water partition coefficient (Wildman–Crippen LogP) is 1.85. The van der Waals surface area contributed by atoms with Crippen LogP contribution in [0.3, 0.4) is 0 Å². The van der Waals surface area contributed by atoms with Crippen molar-refractivity contribution in [2.45, 2.75) is 52.0 Å². The van der Waals surface area contributed by atoms with Crippen LogP contribution in [0.25, 0.3) is 0 Å².